The lowest BCUT2D eigenvalue weighted by molar-refractivity contribution is 0.292. The van der Waals surface area contributed by atoms with Gasteiger partial charge in [-0.3, -0.25) is 0 Å². The molecule has 0 aliphatic rings. The van der Waals surface area contributed by atoms with Gasteiger partial charge in [-0.25, -0.2) is 0 Å². The first-order valence-corrected chi connectivity index (χ1v) is 7.05. The van der Waals surface area contributed by atoms with E-state index in [0.717, 1.165) is 22.1 Å². The normalized spacial score (nSPS) is 10.3. The molecule has 0 aliphatic carbocycles. The number of nitrogen functional groups attached to an aromatic ring is 1. The van der Waals surface area contributed by atoms with E-state index in [0.29, 0.717) is 12.6 Å². The van der Waals surface area contributed by atoms with Gasteiger partial charge < -0.3 is 15.8 Å². The lowest BCUT2D eigenvalue weighted by Crippen LogP contribution is -2.07. The molecule has 6 nitrogen and oxygen atoms in total. The second-order valence-corrected chi connectivity index (χ2v) is 5.15. The van der Waals surface area contributed by atoms with Crippen molar-refractivity contribution in [2.75, 3.05) is 17.7 Å². The molecule has 0 saturated heterocycles. The Labute approximate surface area is 125 Å². The van der Waals surface area contributed by atoms with Crippen LogP contribution in [0.3, 0.4) is 0 Å². The summed E-state index contributed by atoms with van der Waals surface area (Å²) in [6, 6.07) is 6.14. The maximum absolute atomic E-state index is 5.66. The number of ether oxygens (including phenoxy) is 1. The summed E-state index contributed by atoms with van der Waals surface area (Å²) in [5.74, 6) is 0.492. The molecule has 0 atom stereocenters. The van der Waals surface area contributed by atoms with Crippen molar-refractivity contribution < 1.29 is 4.74 Å². The molecule has 0 spiro atoms. The quantitative estimate of drug-likeness (QED) is 0.871. The molecule has 20 heavy (non-hydrogen) atoms. The third kappa shape index (κ3) is 3.80. The maximum atomic E-state index is 5.66. The first-order chi connectivity index (χ1) is 9.58. The minimum atomic E-state index is 0.126. The van der Waals surface area contributed by atoms with E-state index in [-0.39, 0.29) is 12.0 Å². The van der Waals surface area contributed by atoms with Gasteiger partial charge in [0.2, 0.25) is 11.9 Å². The van der Waals surface area contributed by atoms with Crippen molar-refractivity contribution in [2.24, 2.45) is 0 Å². The highest BCUT2D eigenvalue weighted by molar-refractivity contribution is 9.10. The number of nitrogens with two attached hydrogens (primary N) is 1. The zero-order valence-electron chi connectivity index (χ0n) is 11.4. The van der Waals surface area contributed by atoms with Crippen LogP contribution >= 0.6 is 15.9 Å². The molecular weight excluding hydrogens is 322 g/mol. The van der Waals surface area contributed by atoms with Gasteiger partial charge in [0.1, 0.15) is 0 Å². The summed E-state index contributed by atoms with van der Waals surface area (Å²) < 4.78 is 6.34. The van der Waals surface area contributed by atoms with E-state index in [9.17, 15) is 0 Å². The van der Waals surface area contributed by atoms with Crippen LogP contribution in [-0.2, 0) is 0 Å². The largest absolute Gasteiger partial charge is 0.463 e. The summed E-state index contributed by atoms with van der Waals surface area (Å²) in [5.41, 5.74) is 7.63. The number of hydrogen-bond acceptors (Lipinski definition) is 6. The fraction of sp³-hybridized carbons (Fsp3) is 0.308. The molecule has 0 saturated carbocycles. The number of nitrogens with zero attached hydrogens (tertiary/aromatic N) is 3. The molecular formula is C13H16BrN5O. The van der Waals surface area contributed by atoms with Crippen LogP contribution in [0.1, 0.15) is 18.9 Å². The Bertz CT molecular complexity index is 605. The van der Waals surface area contributed by atoms with Crippen molar-refractivity contribution in [3.8, 4) is 6.01 Å². The molecule has 0 aliphatic heterocycles. The highest BCUT2D eigenvalue weighted by atomic mass is 79.9. The van der Waals surface area contributed by atoms with E-state index >= 15 is 0 Å². The molecule has 0 radical (unpaired) electrons. The van der Waals surface area contributed by atoms with Crippen molar-refractivity contribution in [3.05, 3.63) is 28.2 Å². The minimum absolute atomic E-state index is 0.126. The van der Waals surface area contributed by atoms with Gasteiger partial charge in [-0.2, -0.15) is 15.0 Å². The first-order valence-electron chi connectivity index (χ1n) is 6.26. The average molecular weight is 338 g/mol. The minimum Gasteiger partial charge on any atom is -0.463 e. The van der Waals surface area contributed by atoms with Crippen molar-refractivity contribution in [2.45, 2.75) is 20.3 Å². The van der Waals surface area contributed by atoms with Gasteiger partial charge in [0.05, 0.1) is 6.61 Å². The smallest absolute Gasteiger partial charge is 0.323 e. The third-order valence-corrected chi connectivity index (χ3v) is 3.01. The highest BCUT2D eigenvalue weighted by Gasteiger charge is 2.07. The number of aryl methyl sites for hydroxylation is 1. The second kappa shape index (κ2) is 6.51. The number of halogens is 1. The molecule has 1 aromatic heterocycles. The van der Waals surface area contributed by atoms with Gasteiger partial charge in [0, 0.05) is 10.2 Å². The Kier molecular flexibility index (Phi) is 4.73. The van der Waals surface area contributed by atoms with Crippen molar-refractivity contribution in [3.63, 3.8) is 0 Å². The van der Waals surface area contributed by atoms with Crippen LogP contribution in [0.5, 0.6) is 6.01 Å². The summed E-state index contributed by atoms with van der Waals surface area (Å²) in [7, 11) is 0. The molecule has 0 bridgehead atoms. The van der Waals surface area contributed by atoms with Gasteiger partial charge >= 0.3 is 6.01 Å². The molecule has 0 amide bonds. The fourth-order valence-corrected chi connectivity index (χ4v) is 1.90. The Morgan fingerprint density at radius 3 is 2.85 bits per heavy atom. The van der Waals surface area contributed by atoms with Gasteiger partial charge in [-0.05, 0) is 31.0 Å². The number of hydrogen-bond donors (Lipinski definition) is 2. The van der Waals surface area contributed by atoms with Crippen LogP contribution in [-0.4, -0.2) is 21.6 Å². The number of rotatable bonds is 5. The highest BCUT2D eigenvalue weighted by Crippen LogP contribution is 2.23. The zero-order valence-corrected chi connectivity index (χ0v) is 12.9. The molecule has 0 fully saturated rings. The Morgan fingerprint density at radius 2 is 2.10 bits per heavy atom. The topological polar surface area (TPSA) is 86.0 Å². The Hall–Kier alpha value is -1.89. The van der Waals surface area contributed by atoms with Crippen LogP contribution in [0.2, 0.25) is 0 Å². The van der Waals surface area contributed by atoms with Gasteiger partial charge in [0.15, 0.2) is 0 Å². The predicted molar refractivity (Wildman–Crippen MR) is 82.2 cm³/mol. The SMILES string of the molecule is CCCOc1nc(N)nc(Nc2cc(Br)ccc2C)n1. The standard InChI is InChI=1S/C13H16BrN5O/c1-3-6-20-13-18-11(15)17-12(19-13)16-10-7-9(14)5-4-8(10)2/h4-5,7H,3,6H2,1-2H3,(H3,15,16,17,18,19). The lowest BCUT2D eigenvalue weighted by atomic mass is 10.2. The van der Waals surface area contributed by atoms with E-state index in [1.54, 1.807) is 0 Å². The average Bonchev–Trinajstić information content (AvgIpc) is 2.40. The number of benzene rings is 1. The lowest BCUT2D eigenvalue weighted by Gasteiger charge is -2.10. The molecule has 7 heteroatoms. The first kappa shape index (κ1) is 14.5. The molecule has 2 aromatic rings. The molecule has 2 rings (SSSR count). The van der Waals surface area contributed by atoms with Gasteiger partial charge in [-0.1, -0.05) is 28.9 Å². The number of aromatic nitrogens is 3. The van der Waals surface area contributed by atoms with Crippen molar-refractivity contribution >= 4 is 33.5 Å². The Balaban J connectivity index is 2.24. The number of anilines is 3. The molecule has 0 unspecified atom stereocenters. The van der Waals surface area contributed by atoms with Gasteiger partial charge in [0.25, 0.3) is 0 Å². The summed E-state index contributed by atoms with van der Waals surface area (Å²) in [6.45, 7) is 4.54. The van der Waals surface area contributed by atoms with E-state index in [4.69, 9.17) is 10.5 Å². The monoisotopic (exact) mass is 337 g/mol. The van der Waals surface area contributed by atoms with Crippen LogP contribution in [0.4, 0.5) is 17.6 Å². The summed E-state index contributed by atoms with van der Waals surface area (Å²) in [6.07, 6.45) is 0.874. The molecule has 1 aromatic carbocycles. The summed E-state index contributed by atoms with van der Waals surface area (Å²) in [4.78, 5) is 12.2. The maximum Gasteiger partial charge on any atom is 0.323 e. The molecule has 1 heterocycles. The van der Waals surface area contributed by atoms with E-state index in [1.807, 2.05) is 32.0 Å². The van der Waals surface area contributed by atoms with Crippen LogP contribution < -0.4 is 15.8 Å². The van der Waals surface area contributed by atoms with E-state index in [1.165, 1.54) is 0 Å². The molecule has 106 valence electrons. The van der Waals surface area contributed by atoms with Crippen LogP contribution in [0.15, 0.2) is 22.7 Å². The second-order valence-electron chi connectivity index (χ2n) is 4.23. The Morgan fingerprint density at radius 1 is 1.30 bits per heavy atom. The van der Waals surface area contributed by atoms with Crippen molar-refractivity contribution in [1.82, 2.24) is 15.0 Å². The molecule has 3 N–H and O–H groups in total. The summed E-state index contributed by atoms with van der Waals surface area (Å²) in [5, 5.41) is 3.12. The van der Waals surface area contributed by atoms with Gasteiger partial charge in [-0.15, -0.1) is 0 Å². The zero-order chi connectivity index (χ0) is 14.5. The van der Waals surface area contributed by atoms with Crippen molar-refractivity contribution in [1.29, 1.82) is 0 Å². The fourth-order valence-electron chi connectivity index (χ4n) is 1.54. The van der Waals surface area contributed by atoms with E-state index < -0.39 is 0 Å². The van der Waals surface area contributed by atoms with Crippen LogP contribution in [0, 0.1) is 6.92 Å². The predicted octanol–water partition coefficient (Wildman–Crippen LogP) is 3.06. The summed E-state index contributed by atoms with van der Waals surface area (Å²) >= 11 is 3.43. The number of nitrogens with one attached hydrogen (secondary N) is 1. The van der Waals surface area contributed by atoms with Crippen LogP contribution in [0.25, 0.3) is 0 Å². The van der Waals surface area contributed by atoms with E-state index in [2.05, 4.69) is 36.2 Å². The third-order valence-electron chi connectivity index (χ3n) is 2.51.